The van der Waals surface area contributed by atoms with Gasteiger partial charge in [0.15, 0.2) is 5.96 Å². The number of thiophene rings is 1. The van der Waals surface area contributed by atoms with Crippen LogP contribution in [-0.2, 0) is 6.42 Å². The predicted molar refractivity (Wildman–Crippen MR) is 96.9 cm³/mol. The highest BCUT2D eigenvalue weighted by Crippen LogP contribution is 2.18. The molecule has 1 aromatic rings. The van der Waals surface area contributed by atoms with E-state index in [0.29, 0.717) is 0 Å². The third-order valence-electron chi connectivity index (χ3n) is 4.38. The van der Waals surface area contributed by atoms with Crippen molar-refractivity contribution in [2.75, 3.05) is 33.2 Å². The van der Waals surface area contributed by atoms with Gasteiger partial charge in [-0.25, -0.2) is 0 Å². The number of aliphatic imine (C=N–C) groups is 1. The second kappa shape index (κ2) is 9.85. The summed E-state index contributed by atoms with van der Waals surface area (Å²) in [7, 11) is 1.84. The number of hydrogen-bond acceptors (Lipinski definition) is 3. The van der Waals surface area contributed by atoms with Gasteiger partial charge >= 0.3 is 0 Å². The highest BCUT2D eigenvalue weighted by atomic mass is 32.1. The second-order valence-corrected chi connectivity index (χ2v) is 6.88. The minimum Gasteiger partial charge on any atom is -0.356 e. The Labute approximate surface area is 139 Å². The number of guanidine groups is 1. The summed E-state index contributed by atoms with van der Waals surface area (Å²) in [6.45, 7) is 6.58. The van der Waals surface area contributed by atoms with Crippen LogP contribution in [0.15, 0.2) is 22.5 Å². The lowest BCUT2D eigenvalue weighted by atomic mass is 10.0. The van der Waals surface area contributed by atoms with Crippen LogP contribution >= 0.6 is 11.3 Å². The van der Waals surface area contributed by atoms with Gasteiger partial charge in [-0.1, -0.05) is 19.4 Å². The Kier molecular flexibility index (Phi) is 7.74. The Morgan fingerprint density at radius 1 is 1.36 bits per heavy atom. The summed E-state index contributed by atoms with van der Waals surface area (Å²) in [6.07, 6.45) is 6.44. The van der Waals surface area contributed by atoms with Crippen molar-refractivity contribution in [3.05, 3.63) is 22.4 Å². The fourth-order valence-electron chi connectivity index (χ4n) is 3.11. The first kappa shape index (κ1) is 17.3. The molecule has 0 saturated carbocycles. The van der Waals surface area contributed by atoms with E-state index in [4.69, 9.17) is 0 Å². The van der Waals surface area contributed by atoms with Crippen molar-refractivity contribution in [3.8, 4) is 0 Å². The maximum atomic E-state index is 4.31. The molecule has 22 heavy (non-hydrogen) atoms. The third kappa shape index (κ3) is 5.61. The first-order valence-corrected chi connectivity index (χ1v) is 9.42. The molecule has 0 amide bonds. The molecule has 0 aliphatic carbocycles. The van der Waals surface area contributed by atoms with E-state index < -0.39 is 0 Å². The number of rotatable bonds is 7. The van der Waals surface area contributed by atoms with Gasteiger partial charge in [0, 0.05) is 37.6 Å². The van der Waals surface area contributed by atoms with Gasteiger partial charge in [-0.2, -0.15) is 0 Å². The van der Waals surface area contributed by atoms with E-state index in [1.165, 1.54) is 37.1 Å². The molecular weight excluding hydrogens is 292 g/mol. The smallest absolute Gasteiger partial charge is 0.191 e. The second-order valence-electron chi connectivity index (χ2n) is 5.85. The number of nitrogens with zero attached hydrogens (tertiary/aromatic N) is 2. The van der Waals surface area contributed by atoms with E-state index in [2.05, 4.69) is 45.0 Å². The minimum atomic E-state index is 0.782. The number of hydrogen-bond donors (Lipinski definition) is 2. The van der Waals surface area contributed by atoms with Gasteiger partial charge in [-0.05, 0) is 43.7 Å². The maximum absolute atomic E-state index is 4.31. The van der Waals surface area contributed by atoms with Crippen molar-refractivity contribution in [2.45, 2.75) is 45.1 Å². The lowest BCUT2D eigenvalue weighted by Crippen LogP contribution is -2.46. The molecule has 2 N–H and O–H groups in total. The molecule has 2 heterocycles. The molecule has 2 rings (SSSR count). The fourth-order valence-corrected chi connectivity index (χ4v) is 3.82. The highest BCUT2D eigenvalue weighted by Gasteiger charge is 2.19. The Hall–Kier alpha value is -1.07. The molecule has 124 valence electrons. The summed E-state index contributed by atoms with van der Waals surface area (Å²) in [5, 5.41) is 8.97. The normalized spacial score (nSPS) is 20.1. The molecular formula is C17H30N4S. The van der Waals surface area contributed by atoms with Gasteiger partial charge in [0.1, 0.15) is 0 Å². The summed E-state index contributed by atoms with van der Waals surface area (Å²) in [5.74, 6) is 0.918. The van der Waals surface area contributed by atoms with Crippen molar-refractivity contribution in [3.63, 3.8) is 0 Å². The van der Waals surface area contributed by atoms with Crippen LogP contribution in [0.3, 0.4) is 0 Å². The Balaban J connectivity index is 1.63. The van der Waals surface area contributed by atoms with Gasteiger partial charge < -0.3 is 10.6 Å². The van der Waals surface area contributed by atoms with Crippen molar-refractivity contribution in [2.24, 2.45) is 4.99 Å². The zero-order valence-corrected chi connectivity index (χ0v) is 14.8. The van der Waals surface area contributed by atoms with Gasteiger partial charge in [-0.15, -0.1) is 11.3 Å². The van der Waals surface area contributed by atoms with Gasteiger partial charge in [0.25, 0.3) is 0 Å². The monoisotopic (exact) mass is 322 g/mol. The summed E-state index contributed by atoms with van der Waals surface area (Å²) >= 11 is 1.81. The van der Waals surface area contributed by atoms with Gasteiger partial charge in [0.2, 0.25) is 0 Å². The van der Waals surface area contributed by atoms with Crippen LogP contribution in [0.4, 0.5) is 0 Å². The quantitative estimate of drug-likeness (QED) is 0.599. The molecule has 0 bridgehead atoms. The van der Waals surface area contributed by atoms with Crippen molar-refractivity contribution in [1.29, 1.82) is 0 Å². The lowest BCUT2D eigenvalue weighted by molar-refractivity contribution is 0.147. The summed E-state index contributed by atoms with van der Waals surface area (Å²) in [5.41, 5.74) is 0. The van der Waals surface area contributed by atoms with E-state index in [-0.39, 0.29) is 0 Å². The molecule has 1 aliphatic rings. The minimum absolute atomic E-state index is 0.782. The van der Waals surface area contributed by atoms with Crippen LogP contribution in [0, 0.1) is 0 Å². The van der Waals surface area contributed by atoms with E-state index in [1.807, 2.05) is 18.4 Å². The van der Waals surface area contributed by atoms with Crippen LogP contribution in [0.25, 0.3) is 0 Å². The van der Waals surface area contributed by atoms with Crippen molar-refractivity contribution < 1.29 is 0 Å². The van der Waals surface area contributed by atoms with E-state index in [9.17, 15) is 0 Å². The number of likely N-dealkylation sites (tertiary alicyclic amines) is 1. The summed E-state index contributed by atoms with van der Waals surface area (Å²) in [4.78, 5) is 8.36. The standard InChI is InChI=1S/C17H30N4S/c1-3-15-7-4-5-12-21(15)13-11-20-17(18-2)19-10-9-16-8-6-14-22-16/h6,8,14-15H,3-5,7,9-13H2,1-2H3,(H2,18,19,20). The van der Waals surface area contributed by atoms with Crippen LogP contribution in [0.2, 0.25) is 0 Å². The van der Waals surface area contributed by atoms with Crippen molar-refractivity contribution >= 4 is 17.3 Å². The molecule has 1 atom stereocenters. The molecule has 0 spiro atoms. The van der Waals surface area contributed by atoms with Crippen LogP contribution in [-0.4, -0.2) is 50.1 Å². The molecule has 1 aliphatic heterocycles. The molecule has 1 fully saturated rings. The molecule has 5 heteroatoms. The third-order valence-corrected chi connectivity index (χ3v) is 5.32. The zero-order chi connectivity index (χ0) is 15.6. The molecule has 0 aromatic carbocycles. The lowest BCUT2D eigenvalue weighted by Gasteiger charge is -2.35. The van der Waals surface area contributed by atoms with E-state index in [0.717, 1.165) is 38.1 Å². The SMILES string of the molecule is CCC1CCCCN1CCNC(=NC)NCCc1cccs1. The first-order chi connectivity index (χ1) is 10.8. The average molecular weight is 323 g/mol. The number of piperidine rings is 1. The largest absolute Gasteiger partial charge is 0.356 e. The predicted octanol–water partition coefficient (Wildman–Crippen LogP) is 2.72. The Morgan fingerprint density at radius 3 is 2.95 bits per heavy atom. The van der Waals surface area contributed by atoms with E-state index in [1.54, 1.807) is 0 Å². The fraction of sp³-hybridized carbons (Fsp3) is 0.706. The topological polar surface area (TPSA) is 39.7 Å². The molecule has 1 aromatic heterocycles. The van der Waals surface area contributed by atoms with Gasteiger partial charge in [0.05, 0.1) is 0 Å². The zero-order valence-electron chi connectivity index (χ0n) is 14.0. The summed E-state index contributed by atoms with van der Waals surface area (Å²) < 4.78 is 0. The van der Waals surface area contributed by atoms with Gasteiger partial charge in [-0.3, -0.25) is 9.89 Å². The first-order valence-electron chi connectivity index (χ1n) is 8.54. The van der Waals surface area contributed by atoms with E-state index >= 15 is 0 Å². The maximum Gasteiger partial charge on any atom is 0.191 e. The van der Waals surface area contributed by atoms with Crippen LogP contribution in [0.5, 0.6) is 0 Å². The number of nitrogens with one attached hydrogen (secondary N) is 2. The van der Waals surface area contributed by atoms with Crippen molar-refractivity contribution in [1.82, 2.24) is 15.5 Å². The van der Waals surface area contributed by atoms with Crippen LogP contribution in [0.1, 0.15) is 37.5 Å². The molecule has 4 nitrogen and oxygen atoms in total. The Morgan fingerprint density at radius 2 is 2.23 bits per heavy atom. The molecule has 0 radical (unpaired) electrons. The Bertz CT molecular complexity index is 430. The summed E-state index contributed by atoms with van der Waals surface area (Å²) in [6, 6.07) is 5.07. The molecule has 1 saturated heterocycles. The van der Waals surface area contributed by atoms with Crippen LogP contribution < -0.4 is 10.6 Å². The average Bonchev–Trinajstić information content (AvgIpc) is 3.07. The molecule has 1 unspecified atom stereocenters. The highest BCUT2D eigenvalue weighted by molar-refractivity contribution is 7.09.